The van der Waals surface area contributed by atoms with Crippen LogP contribution in [0.2, 0.25) is 0 Å². The van der Waals surface area contributed by atoms with Gasteiger partial charge in [0, 0.05) is 38.8 Å². The lowest BCUT2D eigenvalue weighted by atomic mass is 10.0. The highest BCUT2D eigenvalue weighted by atomic mass is 19.1. The third-order valence-electron chi connectivity index (χ3n) is 4.96. The van der Waals surface area contributed by atoms with E-state index in [4.69, 9.17) is 5.11 Å². The molecular formula is C21H24F2N2O2. The summed E-state index contributed by atoms with van der Waals surface area (Å²) in [6.07, 6.45) is 2.63. The number of carboxylic acids is 1. The Bertz CT molecular complexity index is 814. The fraction of sp³-hybridized carbons (Fsp3) is 0.381. The van der Waals surface area contributed by atoms with Crippen LogP contribution < -0.4 is 9.80 Å². The van der Waals surface area contributed by atoms with Crippen molar-refractivity contribution in [3.63, 3.8) is 0 Å². The van der Waals surface area contributed by atoms with Crippen LogP contribution in [0, 0.1) is 11.6 Å². The van der Waals surface area contributed by atoms with E-state index in [-0.39, 0.29) is 18.7 Å². The molecule has 0 aliphatic heterocycles. The molecule has 0 heterocycles. The molecule has 0 unspecified atom stereocenters. The molecule has 0 saturated heterocycles. The Morgan fingerprint density at radius 3 is 2.37 bits per heavy atom. The van der Waals surface area contributed by atoms with E-state index in [9.17, 15) is 13.6 Å². The molecular weight excluding hydrogens is 350 g/mol. The summed E-state index contributed by atoms with van der Waals surface area (Å²) in [5.74, 6) is -2.22. The largest absolute Gasteiger partial charge is 0.481 e. The first kappa shape index (κ1) is 19.1. The first-order valence-electron chi connectivity index (χ1n) is 9.12. The van der Waals surface area contributed by atoms with Crippen LogP contribution in [0.4, 0.5) is 20.2 Å². The highest BCUT2D eigenvalue weighted by Gasteiger charge is 2.26. The van der Waals surface area contributed by atoms with E-state index in [2.05, 4.69) is 4.90 Å². The molecule has 0 radical (unpaired) electrons. The topological polar surface area (TPSA) is 43.8 Å². The molecule has 144 valence electrons. The zero-order valence-corrected chi connectivity index (χ0v) is 15.6. The van der Waals surface area contributed by atoms with Crippen molar-refractivity contribution < 1.29 is 18.7 Å². The summed E-state index contributed by atoms with van der Waals surface area (Å²) < 4.78 is 29.2. The number of rotatable bonds is 8. The first-order valence-corrected chi connectivity index (χ1v) is 9.12. The van der Waals surface area contributed by atoms with Gasteiger partial charge in [-0.1, -0.05) is 12.1 Å². The maximum Gasteiger partial charge on any atom is 0.303 e. The van der Waals surface area contributed by atoms with Gasteiger partial charge in [0.05, 0.1) is 0 Å². The van der Waals surface area contributed by atoms with Crippen molar-refractivity contribution in [3.05, 3.63) is 48.0 Å². The molecule has 27 heavy (non-hydrogen) atoms. The SMILES string of the molecule is CN(CCCC(=O)O)c1c(F)cc(-c2cccc(N(C)C3CC3)c2)cc1F. The summed E-state index contributed by atoms with van der Waals surface area (Å²) in [6, 6.07) is 10.9. The van der Waals surface area contributed by atoms with Crippen LogP contribution in [0.3, 0.4) is 0 Å². The Morgan fingerprint density at radius 2 is 1.78 bits per heavy atom. The van der Waals surface area contributed by atoms with Crippen LogP contribution in [0.15, 0.2) is 36.4 Å². The minimum Gasteiger partial charge on any atom is -0.481 e. The fourth-order valence-electron chi connectivity index (χ4n) is 3.25. The number of halogens is 2. The Balaban J connectivity index is 1.82. The molecule has 1 saturated carbocycles. The van der Waals surface area contributed by atoms with Crippen molar-refractivity contribution in [2.24, 2.45) is 0 Å². The second kappa shape index (κ2) is 7.94. The molecule has 0 aromatic heterocycles. The number of carbonyl (C=O) groups is 1. The molecule has 0 atom stereocenters. The summed E-state index contributed by atoms with van der Waals surface area (Å²) in [4.78, 5) is 14.2. The van der Waals surface area contributed by atoms with Crippen molar-refractivity contribution in [2.45, 2.75) is 31.7 Å². The minimum atomic E-state index is -0.921. The number of aliphatic carboxylic acids is 1. The molecule has 1 aliphatic rings. The molecule has 1 aliphatic carbocycles. The normalized spacial score (nSPS) is 13.5. The Kier molecular flexibility index (Phi) is 5.63. The van der Waals surface area contributed by atoms with Crippen LogP contribution in [-0.2, 0) is 4.79 Å². The van der Waals surface area contributed by atoms with Crippen LogP contribution in [0.25, 0.3) is 11.1 Å². The second-order valence-corrected chi connectivity index (χ2v) is 7.10. The summed E-state index contributed by atoms with van der Waals surface area (Å²) in [5, 5.41) is 8.70. The first-order chi connectivity index (χ1) is 12.9. The third-order valence-corrected chi connectivity index (χ3v) is 4.96. The number of benzene rings is 2. The molecule has 1 fully saturated rings. The molecule has 2 aromatic carbocycles. The Labute approximate surface area is 158 Å². The van der Waals surface area contributed by atoms with Crippen molar-refractivity contribution in [3.8, 4) is 11.1 Å². The monoisotopic (exact) mass is 374 g/mol. The molecule has 3 rings (SSSR count). The third kappa shape index (κ3) is 4.56. The number of nitrogens with zero attached hydrogens (tertiary/aromatic N) is 2. The van der Waals surface area contributed by atoms with Crippen LogP contribution >= 0.6 is 0 Å². The maximum atomic E-state index is 14.6. The van der Waals surface area contributed by atoms with Gasteiger partial charge < -0.3 is 14.9 Å². The highest BCUT2D eigenvalue weighted by molar-refractivity contribution is 5.71. The van der Waals surface area contributed by atoms with Crippen LogP contribution in [0.5, 0.6) is 0 Å². The molecule has 4 nitrogen and oxygen atoms in total. The van der Waals surface area contributed by atoms with Crippen LogP contribution in [0.1, 0.15) is 25.7 Å². The second-order valence-electron chi connectivity index (χ2n) is 7.10. The lowest BCUT2D eigenvalue weighted by molar-refractivity contribution is -0.137. The fourth-order valence-corrected chi connectivity index (χ4v) is 3.25. The van der Waals surface area contributed by atoms with Gasteiger partial charge in [0.2, 0.25) is 0 Å². The number of anilines is 2. The maximum absolute atomic E-state index is 14.6. The summed E-state index contributed by atoms with van der Waals surface area (Å²) in [7, 11) is 3.60. The summed E-state index contributed by atoms with van der Waals surface area (Å²) in [5.41, 5.74) is 2.15. The van der Waals surface area contributed by atoms with E-state index >= 15 is 0 Å². The van der Waals surface area contributed by atoms with Gasteiger partial charge in [-0.05, 0) is 54.7 Å². The summed E-state index contributed by atoms with van der Waals surface area (Å²) in [6.45, 7) is 0.265. The number of hydrogen-bond donors (Lipinski definition) is 1. The number of carboxylic acid groups (broad SMARTS) is 1. The van der Waals surface area contributed by atoms with E-state index in [0.717, 1.165) is 11.3 Å². The van der Waals surface area contributed by atoms with Crippen molar-refractivity contribution in [2.75, 3.05) is 30.4 Å². The summed E-state index contributed by atoms with van der Waals surface area (Å²) >= 11 is 0. The predicted octanol–water partition coefficient (Wildman–Crippen LogP) is 4.53. The van der Waals surface area contributed by atoms with E-state index in [1.165, 1.54) is 29.9 Å². The molecule has 1 N–H and O–H groups in total. The van der Waals surface area contributed by atoms with Gasteiger partial charge in [-0.15, -0.1) is 0 Å². The molecule has 2 aromatic rings. The Hall–Kier alpha value is -2.63. The van der Waals surface area contributed by atoms with E-state index in [0.29, 0.717) is 18.0 Å². The van der Waals surface area contributed by atoms with Gasteiger partial charge >= 0.3 is 5.97 Å². The van der Waals surface area contributed by atoms with Gasteiger partial charge in [-0.25, -0.2) is 8.78 Å². The zero-order valence-electron chi connectivity index (χ0n) is 15.6. The van der Waals surface area contributed by atoms with E-state index < -0.39 is 17.6 Å². The quantitative estimate of drug-likeness (QED) is 0.737. The molecule has 0 amide bonds. The van der Waals surface area contributed by atoms with E-state index in [1.54, 1.807) is 7.05 Å². The van der Waals surface area contributed by atoms with Crippen molar-refractivity contribution in [1.82, 2.24) is 0 Å². The zero-order chi connectivity index (χ0) is 19.6. The van der Waals surface area contributed by atoms with Gasteiger partial charge in [0.15, 0.2) is 0 Å². The van der Waals surface area contributed by atoms with Crippen molar-refractivity contribution >= 4 is 17.3 Å². The van der Waals surface area contributed by atoms with Crippen molar-refractivity contribution in [1.29, 1.82) is 0 Å². The predicted molar refractivity (Wildman–Crippen MR) is 103 cm³/mol. The average Bonchev–Trinajstić information content (AvgIpc) is 3.45. The van der Waals surface area contributed by atoms with Gasteiger partial charge in [-0.2, -0.15) is 0 Å². The minimum absolute atomic E-state index is 0.0348. The smallest absolute Gasteiger partial charge is 0.303 e. The van der Waals surface area contributed by atoms with Gasteiger partial charge in [0.1, 0.15) is 17.3 Å². The average molecular weight is 374 g/mol. The van der Waals surface area contributed by atoms with Gasteiger partial charge in [0.25, 0.3) is 0 Å². The van der Waals surface area contributed by atoms with Gasteiger partial charge in [-0.3, -0.25) is 4.79 Å². The highest BCUT2D eigenvalue weighted by Crippen LogP contribution is 2.34. The molecule has 0 bridgehead atoms. The lowest BCUT2D eigenvalue weighted by Crippen LogP contribution is -2.22. The van der Waals surface area contributed by atoms with Crippen LogP contribution in [-0.4, -0.2) is 37.8 Å². The molecule has 6 heteroatoms. The standard InChI is InChI=1S/C21H24F2N2O2/c1-24(10-4-7-20(26)27)21-18(22)12-15(13-19(21)23)14-5-3-6-17(11-14)25(2)16-8-9-16/h3,5-6,11-13,16H,4,7-10H2,1-2H3,(H,26,27). The Morgan fingerprint density at radius 1 is 1.11 bits per heavy atom. The lowest BCUT2D eigenvalue weighted by Gasteiger charge is -2.22. The molecule has 0 spiro atoms. The van der Waals surface area contributed by atoms with E-state index in [1.807, 2.05) is 31.3 Å². The number of hydrogen-bond acceptors (Lipinski definition) is 3.